The van der Waals surface area contributed by atoms with Gasteiger partial charge in [-0.05, 0) is 96.0 Å². The minimum Gasteiger partial charge on any atom is -0.456 e. The number of allylic oxidation sites excluding steroid dienone is 15. The third kappa shape index (κ3) is 55.7. The standard InChI is InChI=1S/C66H117N2O7P/c1-7-10-13-16-19-22-25-28-29-30-31-32-33-34-35-36-37-38-39-41-43-46-49-52-55-58-65(69)67-63(62-74-76(71,72)73-61-60-68(4,5)6)64(57-54-51-48-45-42-27-24-21-18-15-12-9-3)75-66(70)59-56-53-50-47-44-40-26-23-20-17-14-11-8-2/h10,13,19,22,28-29,31-32,34-35,40,44,50,53-54,57,63-64H,7-9,11-12,14-18,20-21,23-27,30,33,36-39,41-43,45-49,51-52,55-56,58-62H2,1-6H3,(H-,67,69,71,72)/p+1/b13-10-,22-19-,29-28-,32-31-,35-34-,44-40-,53-50+,57-54-. The second-order valence-corrected chi connectivity index (χ2v) is 23.3. The zero-order chi connectivity index (χ0) is 55.7. The normalized spacial score (nSPS) is 14.4. The lowest BCUT2D eigenvalue weighted by Crippen LogP contribution is -2.47. The van der Waals surface area contributed by atoms with Crippen LogP contribution in [0, 0.1) is 0 Å². The Morgan fingerprint density at radius 3 is 1.29 bits per heavy atom. The smallest absolute Gasteiger partial charge is 0.456 e. The summed E-state index contributed by atoms with van der Waals surface area (Å²) < 4.78 is 30.6. The van der Waals surface area contributed by atoms with Crippen LogP contribution in [0.25, 0.3) is 0 Å². The van der Waals surface area contributed by atoms with Gasteiger partial charge < -0.3 is 19.4 Å². The minimum atomic E-state index is -4.46. The Morgan fingerprint density at radius 1 is 0.474 bits per heavy atom. The Labute approximate surface area is 468 Å². The number of phosphoric ester groups is 1. The Balaban J connectivity index is 5.21. The maximum absolute atomic E-state index is 13.5. The number of ether oxygens (including phenoxy) is 1. The van der Waals surface area contributed by atoms with Crippen LogP contribution >= 0.6 is 7.82 Å². The van der Waals surface area contributed by atoms with Crippen LogP contribution in [0.4, 0.5) is 0 Å². The molecule has 2 N–H and O–H groups in total. The van der Waals surface area contributed by atoms with Crippen LogP contribution < -0.4 is 5.32 Å². The topological polar surface area (TPSA) is 111 Å². The van der Waals surface area contributed by atoms with Crippen LogP contribution in [0.2, 0.25) is 0 Å². The largest absolute Gasteiger partial charge is 0.472 e. The molecule has 9 nitrogen and oxygen atoms in total. The van der Waals surface area contributed by atoms with E-state index in [2.05, 4.69) is 105 Å². The zero-order valence-corrected chi connectivity index (χ0v) is 50.9. The Kier molecular flexibility index (Phi) is 53.0. The Hall–Kier alpha value is -3.07. The molecule has 0 heterocycles. The molecule has 0 fully saturated rings. The van der Waals surface area contributed by atoms with E-state index in [1.54, 1.807) is 0 Å². The maximum atomic E-state index is 13.5. The first-order chi connectivity index (χ1) is 36.9. The number of carbonyl (C=O) groups is 2. The molecule has 0 aliphatic carbocycles. The van der Waals surface area contributed by atoms with Crippen molar-refractivity contribution in [3.8, 4) is 0 Å². The van der Waals surface area contributed by atoms with Crippen molar-refractivity contribution in [2.24, 2.45) is 0 Å². The predicted molar refractivity (Wildman–Crippen MR) is 327 cm³/mol. The second kappa shape index (κ2) is 55.3. The first-order valence-electron chi connectivity index (χ1n) is 31.1. The molecule has 3 unspecified atom stereocenters. The molecule has 1 amide bonds. The number of amides is 1. The van der Waals surface area contributed by atoms with Gasteiger partial charge >= 0.3 is 13.8 Å². The lowest BCUT2D eigenvalue weighted by molar-refractivity contribution is -0.870. The van der Waals surface area contributed by atoms with E-state index in [4.69, 9.17) is 13.8 Å². The van der Waals surface area contributed by atoms with Gasteiger partial charge in [0.1, 0.15) is 19.3 Å². The summed E-state index contributed by atoms with van der Waals surface area (Å²) in [5.41, 5.74) is 0. The summed E-state index contributed by atoms with van der Waals surface area (Å²) in [4.78, 5) is 37.6. The molecule has 0 bridgehead atoms. The summed E-state index contributed by atoms with van der Waals surface area (Å²) in [6, 6.07) is -0.879. The molecule has 0 aromatic rings. The first kappa shape index (κ1) is 72.9. The van der Waals surface area contributed by atoms with Crippen LogP contribution in [0.1, 0.15) is 258 Å². The minimum absolute atomic E-state index is 0.0275. The van der Waals surface area contributed by atoms with Crippen molar-refractivity contribution in [2.45, 2.75) is 270 Å². The van der Waals surface area contributed by atoms with E-state index in [1.165, 1.54) is 122 Å². The highest BCUT2D eigenvalue weighted by molar-refractivity contribution is 7.47. The van der Waals surface area contributed by atoms with Gasteiger partial charge in [-0.1, -0.05) is 247 Å². The number of likely N-dealkylation sites (N-methyl/N-ethyl adjacent to an activating group) is 1. The number of carbonyl (C=O) groups excluding carboxylic acids is 2. The number of hydrogen-bond acceptors (Lipinski definition) is 6. The van der Waals surface area contributed by atoms with E-state index in [0.29, 0.717) is 23.9 Å². The summed E-state index contributed by atoms with van der Waals surface area (Å²) >= 11 is 0. The van der Waals surface area contributed by atoms with Crippen LogP contribution in [0.5, 0.6) is 0 Å². The number of rotatable bonds is 55. The second-order valence-electron chi connectivity index (χ2n) is 21.8. The summed E-state index contributed by atoms with van der Waals surface area (Å²) in [5.74, 6) is -0.593. The van der Waals surface area contributed by atoms with Crippen LogP contribution in [0.15, 0.2) is 97.2 Å². The number of phosphoric acid groups is 1. The molecular formula is C66H118N2O7P+. The third-order valence-corrected chi connectivity index (χ3v) is 14.3. The van der Waals surface area contributed by atoms with Gasteiger partial charge in [-0.2, -0.15) is 0 Å². The number of nitrogens with zero attached hydrogens (tertiary/aromatic N) is 1. The summed E-state index contributed by atoms with van der Waals surface area (Å²) in [5, 5.41) is 3.04. The SMILES string of the molecule is CC/C=C\C/C=C\C/C=C\C/C=C\C/C=C\CCCCCCCCCCCC(=O)NC(COP(=O)(O)OCC[N+](C)(C)C)C(/C=C\CCCCCCCCCCCC)OC(=O)CC/C=C/C/C=C\CCCCCCCC. The predicted octanol–water partition coefficient (Wildman–Crippen LogP) is 19.2. The fraction of sp³-hybridized carbons (Fsp3) is 0.727. The van der Waals surface area contributed by atoms with Gasteiger partial charge in [0, 0.05) is 12.8 Å². The van der Waals surface area contributed by atoms with Gasteiger partial charge in [-0.25, -0.2) is 4.57 Å². The summed E-state index contributed by atoms with van der Waals surface area (Å²) in [6.07, 6.45) is 74.2. The number of unbranched alkanes of at least 4 members (excludes halogenated alkanes) is 25. The highest BCUT2D eigenvalue weighted by atomic mass is 31.2. The molecule has 0 aliphatic heterocycles. The highest BCUT2D eigenvalue weighted by Crippen LogP contribution is 2.43. The van der Waals surface area contributed by atoms with Gasteiger partial charge in [-0.3, -0.25) is 18.6 Å². The van der Waals surface area contributed by atoms with Gasteiger partial charge in [0.2, 0.25) is 5.91 Å². The van der Waals surface area contributed by atoms with E-state index in [-0.39, 0.29) is 25.5 Å². The summed E-state index contributed by atoms with van der Waals surface area (Å²) in [6.45, 7) is 6.84. The lowest BCUT2D eigenvalue weighted by Gasteiger charge is -2.27. The molecule has 3 atom stereocenters. The molecule has 0 saturated carbocycles. The van der Waals surface area contributed by atoms with Crippen LogP contribution in [0.3, 0.4) is 0 Å². The fourth-order valence-corrected chi connectivity index (χ4v) is 9.23. The van der Waals surface area contributed by atoms with Gasteiger partial charge in [0.25, 0.3) is 0 Å². The van der Waals surface area contributed by atoms with Crippen molar-refractivity contribution >= 4 is 19.7 Å². The fourth-order valence-electron chi connectivity index (χ4n) is 8.49. The molecule has 0 spiro atoms. The molecule has 0 aromatic heterocycles. The van der Waals surface area contributed by atoms with Gasteiger partial charge in [0.05, 0.1) is 33.8 Å². The van der Waals surface area contributed by atoms with E-state index < -0.39 is 25.9 Å². The van der Waals surface area contributed by atoms with E-state index in [1.807, 2.05) is 39.4 Å². The zero-order valence-electron chi connectivity index (χ0n) is 50.0. The van der Waals surface area contributed by atoms with E-state index in [9.17, 15) is 19.0 Å². The first-order valence-corrected chi connectivity index (χ1v) is 32.6. The molecule has 438 valence electrons. The van der Waals surface area contributed by atoms with Gasteiger partial charge in [0.15, 0.2) is 0 Å². The average Bonchev–Trinajstić information content (AvgIpc) is 3.38. The molecule has 0 saturated heterocycles. The van der Waals surface area contributed by atoms with Crippen LogP contribution in [-0.2, 0) is 27.9 Å². The molecule has 0 aromatic carbocycles. The molecule has 0 rings (SSSR count). The molecule has 0 radical (unpaired) electrons. The monoisotopic (exact) mass is 1080 g/mol. The van der Waals surface area contributed by atoms with Crippen molar-refractivity contribution in [3.63, 3.8) is 0 Å². The number of quaternary nitrogens is 1. The Morgan fingerprint density at radius 2 is 0.855 bits per heavy atom. The number of nitrogens with one attached hydrogen (secondary N) is 1. The third-order valence-electron chi connectivity index (χ3n) is 13.3. The van der Waals surface area contributed by atoms with E-state index in [0.717, 1.165) is 96.3 Å². The van der Waals surface area contributed by atoms with E-state index >= 15 is 0 Å². The van der Waals surface area contributed by atoms with Crippen molar-refractivity contribution in [1.29, 1.82) is 0 Å². The molecule has 76 heavy (non-hydrogen) atoms. The Bertz CT molecular complexity index is 1620. The van der Waals surface area contributed by atoms with Crippen molar-refractivity contribution < 1.29 is 37.3 Å². The molecular weight excluding hydrogens is 964 g/mol. The lowest BCUT2D eigenvalue weighted by atomic mass is 10.0. The number of hydrogen-bond donors (Lipinski definition) is 2. The molecule has 10 heteroatoms. The highest BCUT2D eigenvalue weighted by Gasteiger charge is 2.30. The van der Waals surface area contributed by atoms with Crippen molar-refractivity contribution in [2.75, 3.05) is 40.9 Å². The van der Waals surface area contributed by atoms with Crippen molar-refractivity contribution in [3.05, 3.63) is 97.2 Å². The van der Waals surface area contributed by atoms with Gasteiger partial charge in [-0.15, -0.1) is 0 Å². The van der Waals surface area contributed by atoms with Crippen molar-refractivity contribution in [1.82, 2.24) is 5.32 Å². The quantitative estimate of drug-likeness (QED) is 0.0205. The maximum Gasteiger partial charge on any atom is 0.472 e. The average molecular weight is 1080 g/mol. The molecule has 0 aliphatic rings. The summed E-state index contributed by atoms with van der Waals surface area (Å²) in [7, 11) is 1.46. The number of esters is 1. The van der Waals surface area contributed by atoms with Crippen LogP contribution in [-0.4, -0.2) is 74.3 Å².